The van der Waals surface area contributed by atoms with Crippen molar-refractivity contribution in [3.63, 3.8) is 0 Å². The lowest BCUT2D eigenvalue weighted by Crippen LogP contribution is -2.45. The third kappa shape index (κ3) is 4.16. The molecule has 0 bridgehead atoms. The highest BCUT2D eigenvalue weighted by Gasteiger charge is 2.27. The zero-order valence-electron chi connectivity index (χ0n) is 10.3. The van der Waals surface area contributed by atoms with Crippen LogP contribution >= 0.6 is 11.8 Å². The molecule has 0 N–H and O–H groups in total. The number of carbonyl (C=O) groups excluding carboxylic acids is 2. The molecule has 0 aromatic carbocycles. The van der Waals surface area contributed by atoms with Crippen LogP contribution < -0.4 is 0 Å². The lowest BCUT2D eigenvalue weighted by molar-refractivity contribution is -0.147. The van der Waals surface area contributed by atoms with Gasteiger partial charge in [-0.25, -0.2) is 0 Å². The average Bonchev–Trinajstić information content (AvgIpc) is 2.39. The van der Waals surface area contributed by atoms with Crippen molar-refractivity contribution in [2.45, 2.75) is 18.9 Å². The van der Waals surface area contributed by atoms with E-state index in [0.29, 0.717) is 6.54 Å². The molecule has 1 aliphatic heterocycles. The van der Waals surface area contributed by atoms with Crippen molar-refractivity contribution in [3.05, 3.63) is 11.6 Å². The molecule has 0 spiro atoms. The number of hydrogen-bond donors (Lipinski definition) is 0. The summed E-state index contributed by atoms with van der Waals surface area (Å²) in [5, 5.41) is 0. The number of esters is 1. The van der Waals surface area contributed by atoms with Gasteiger partial charge in [0.2, 0.25) is 0 Å². The van der Waals surface area contributed by atoms with Crippen LogP contribution in [0.5, 0.6) is 0 Å². The second-order valence-corrected chi connectivity index (χ2v) is 4.96. The van der Waals surface area contributed by atoms with Crippen LogP contribution in [0.2, 0.25) is 0 Å². The summed E-state index contributed by atoms with van der Waals surface area (Å²) < 4.78 is 4.83. The molecule has 0 aromatic heterocycles. The second kappa shape index (κ2) is 7.50. The van der Waals surface area contributed by atoms with Crippen molar-refractivity contribution in [3.8, 4) is 0 Å². The van der Waals surface area contributed by atoms with E-state index in [1.54, 1.807) is 11.8 Å². The van der Waals surface area contributed by atoms with Gasteiger partial charge >= 0.3 is 5.97 Å². The molecule has 17 heavy (non-hydrogen) atoms. The smallest absolute Gasteiger partial charge is 0.323 e. The Morgan fingerprint density at radius 1 is 1.71 bits per heavy atom. The Morgan fingerprint density at radius 3 is 3.06 bits per heavy atom. The third-order valence-corrected chi connectivity index (χ3v) is 3.51. The summed E-state index contributed by atoms with van der Waals surface area (Å²) in [5.74, 6) is 0.711. The molecule has 0 aliphatic carbocycles. The van der Waals surface area contributed by atoms with Crippen LogP contribution in [0.1, 0.15) is 12.8 Å². The SMILES string of the molecule is COC(=O)[C@H](CCSC)N1CCC=C(C=O)C1. The summed E-state index contributed by atoms with van der Waals surface area (Å²) in [6.45, 7) is 1.36. The van der Waals surface area contributed by atoms with E-state index in [1.165, 1.54) is 7.11 Å². The maximum Gasteiger partial charge on any atom is 0.323 e. The molecule has 4 nitrogen and oxygen atoms in total. The lowest BCUT2D eigenvalue weighted by Gasteiger charge is -2.31. The Bertz CT molecular complexity index is 304. The highest BCUT2D eigenvalue weighted by Crippen LogP contribution is 2.16. The molecule has 0 saturated carbocycles. The molecule has 0 aromatic rings. The Labute approximate surface area is 106 Å². The van der Waals surface area contributed by atoms with E-state index in [2.05, 4.69) is 0 Å². The molecule has 1 aliphatic rings. The Morgan fingerprint density at radius 2 is 2.47 bits per heavy atom. The molecule has 1 rings (SSSR count). The Kier molecular flexibility index (Phi) is 6.29. The van der Waals surface area contributed by atoms with E-state index in [-0.39, 0.29) is 12.0 Å². The van der Waals surface area contributed by atoms with Crippen molar-refractivity contribution in [1.29, 1.82) is 0 Å². The summed E-state index contributed by atoms with van der Waals surface area (Å²) in [6.07, 6.45) is 6.41. The van der Waals surface area contributed by atoms with E-state index in [1.807, 2.05) is 17.2 Å². The highest BCUT2D eigenvalue weighted by molar-refractivity contribution is 7.98. The van der Waals surface area contributed by atoms with Gasteiger partial charge in [-0.3, -0.25) is 14.5 Å². The summed E-state index contributed by atoms with van der Waals surface area (Å²) in [7, 11) is 1.41. The predicted octanol–water partition coefficient (Wildman–Crippen LogP) is 1.11. The molecule has 0 saturated heterocycles. The fraction of sp³-hybridized carbons (Fsp3) is 0.667. The maximum atomic E-state index is 11.7. The predicted molar refractivity (Wildman–Crippen MR) is 69.1 cm³/mol. The first-order valence-electron chi connectivity index (χ1n) is 5.68. The average molecular weight is 257 g/mol. The van der Waals surface area contributed by atoms with Crippen molar-refractivity contribution < 1.29 is 14.3 Å². The van der Waals surface area contributed by atoms with Gasteiger partial charge in [0.15, 0.2) is 0 Å². The summed E-state index contributed by atoms with van der Waals surface area (Å²) >= 11 is 1.71. The summed E-state index contributed by atoms with van der Waals surface area (Å²) in [4.78, 5) is 24.5. The van der Waals surface area contributed by atoms with Crippen LogP contribution in [0.4, 0.5) is 0 Å². The molecule has 1 atom stereocenters. The number of rotatable bonds is 6. The Hall–Kier alpha value is -0.810. The normalized spacial score (nSPS) is 18.4. The largest absolute Gasteiger partial charge is 0.468 e. The molecule has 0 amide bonds. The summed E-state index contributed by atoms with van der Waals surface area (Å²) in [6, 6.07) is -0.226. The standard InChI is InChI=1S/C12H19NO3S/c1-16-12(15)11(5-7-17-2)13-6-3-4-10(8-13)9-14/h4,9,11H,3,5-8H2,1-2H3/t11-/m0/s1. The van der Waals surface area contributed by atoms with E-state index in [9.17, 15) is 9.59 Å². The molecule has 0 unspecified atom stereocenters. The fourth-order valence-corrected chi connectivity index (χ4v) is 2.42. The molecule has 0 fully saturated rings. The van der Waals surface area contributed by atoms with Gasteiger partial charge in [-0.1, -0.05) is 6.08 Å². The number of ether oxygens (including phenoxy) is 1. The third-order valence-electron chi connectivity index (χ3n) is 2.87. The first-order chi connectivity index (χ1) is 8.22. The minimum atomic E-state index is -0.226. The second-order valence-electron chi connectivity index (χ2n) is 3.98. The Balaban J connectivity index is 2.66. The number of hydrogen-bond acceptors (Lipinski definition) is 5. The number of nitrogens with zero attached hydrogens (tertiary/aromatic N) is 1. The van der Waals surface area contributed by atoms with Crippen LogP contribution in [0.3, 0.4) is 0 Å². The number of methoxy groups -OCH3 is 1. The molecule has 96 valence electrons. The zero-order chi connectivity index (χ0) is 12.7. The highest BCUT2D eigenvalue weighted by atomic mass is 32.2. The van der Waals surface area contributed by atoms with E-state index in [4.69, 9.17) is 4.74 Å². The number of aldehydes is 1. The van der Waals surface area contributed by atoms with Gasteiger partial charge in [0.1, 0.15) is 12.3 Å². The van der Waals surface area contributed by atoms with Crippen LogP contribution in [-0.4, -0.2) is 55.4 Å². The minimum Gasteiger partial charge on any atom is -0.468 e. The summed E-state index contributed by atoms with van der Waals surface area (Å²) in [5.41, 5.74) is 0.759. The van der Waals surface area contributed by atoms with Crippen molar-refractivity contribution in [2.24, 2.45) is 0 Å². The monoisotopic (exact) mass is 257 g/mol. The molecule has 1 heterocycles. The van der Waals surface area contributed by atoms with Gasteiger partial charge in [0, 0.05) is 18.7 Å². The van der Waals surface area contributed by atoms with Crippen LogP contribution in [0, 0.1) is 0 Å². The van der Waals surface area contributed by atoms with Crippen LogP contribution in [0.25, 0.3) is 0 Å². The zero-order valence-corrected chi connectivity index (χ0v) is 11.2. The van der Waals surface area contributed by atoms with Gasteiger partial charge in [0.25, 0.3) is 0 Å². The van der Waals surface area contributed by atoms with Crippen molar-refractivity contribution in [2.75, 3.05) is 32.2 Å². The van der Waals surface area contributed by atoms with Crippen LogP contribution in [0.15, 0.2) is 11.6 Å². The van der Waals surface area contributed by atoms with Gasteiger partial charge in [-0.15, -0.1) is 0 Å². The van der Waals surface area contributed by atoms with Crippen molar-refractivity contribution in [1.82, 2.24) is 4.90 Å². The fourth-order valence-electron chi connectivity index (χ4n) is 1.96. The first-order valence-corrected chi connectivity index (χ1v) is 7.07. The van der Waals surface area contributed by atoms with Gasteiger partial charge < -0.3 is 4.74 Å². The first kappa shape index (κ1) is 14.3. The van der Waals surface area contributed by atoms with Gasteiger partial charge in [0.05, 0.1) is 7.11 Å². The van der Waals surface area contributed by atoms with Gasteiger partial charge in [-0.2, -0.15) is 11.8 Å². The van der Waals surface area contributed by atoms with Crippen molar-refractivity contribution >= 4 is 24.0 Å². The molecular weight excluding hydrogens is 238 g/mol. The molecule has 5 heteroatoms. The molecular formula is C12H19NO3S. The van der Waals surface area contributed by atoms with E-state index >= 15 is 0 Å². The lowest BCUT2D eigenvalue weighted by atomic mass is 10.1. The maximum absolute atomic E-state index is 11.7. The number of thioether (sulfide) groups is 1. The molecule has 0 radical (unpaired) electrons. The van der Waals surface area contributed by atoms with Crippen LogP contribution in [-0.2, 0) is 14.3 Å². The van der Waals surface area contributed by atoms with E-state index < -0.39 is 0 Å². The topological polar surface area (TPSA) is 46.6 Å². The quantitative estimate of drug-likeness (QED) is 0.527. The van der Waals surface area contributed by atoms with Gasteiger partial charge in [-0.05, 0) is 24.9 Å². The minimum absolute atomic E-state index is 0.203. The number of carbonyl (C=O) groups is 2. The van der Waals surface area contributed by atoms with E-state index in [0.717, 1.165) is 37.0 Å².